The van der Waals surface area contributed by atoms with Gasteiger partial charge in [0.1, 0.15) is 5.69 Å². The van der Waals surface area contributed by atoms with Gasteiger partial charge < -0.3 is 0 Å². The molecule has 0 aliphatic carbocycles. The van der Waals surface area contributed by atoms with Crippen LogP contribution in [0, 0.1) is 0 Å². The SMILES string of the molecule is CCS(=O)(=O)c1ccc(-c2nn(C(C)C)cc2C=O)cc1. The third-order valence-corrected chi connectivity index (χ3v) is 5.03. The molecule has 0 spiro atoms. The van der Waals surface area contributed by atoms with Crippen molar-refractivity contribution >= 4 is 16.1 Å². The average Bonchev–Trinajstić information content (AvgIpc) is 2.92. The van der Waals surface area contributed by atoms with Crippen molar-refractivity contribution in [2.45, 2.75) is 31.7 Å². The Kier molecular flexibility index (Phi) is 4.27. The summed E-state index contributed by atoms with van der Waals surface area (Å²) in [4.78, 5) is 11.4. The number of carbonyl (C=O) groups excluding carboxylic acids is 1. The highest BCUT2D eigenvalue weighted by molar-refractivity contribution is 7.91. The van der Waals surface area contributed by atoms with Crippen LogP contribution < -0.4 is 0 Å². The molecule has 6 heteroatoms. The third kappa shape index (κ3) is 3.05. The quantitative estimate of drug-likeness (QED) is 0.796. The summed E-state index contributed by atoms with van der Waals surface area (Å²) in [5.74, 6) is 0.0634. The molecule has 0 radical (unpaired) electrons. The zero-order valence-corrected chi connectivity index (χ0v) is 13.1. The molecule has 2 rings (SSSR count). The van der Waals surface area contributed by atoms with Gasteiger partial charge in [0.05, 0.1) is 16.2 Å². The van der Waals surface area contributed by atoms with Crippen molar-refractivity contribution in [1.82, 2.24) is 9.78 Å². The Hall–Kier alpha value is -1.95. The number of carbonyl (C=O) groups is 1. The molecule has 112 valence electrons. The van der Waals surface area contributed by atoms with Crippen molar-refractivity contribution in [3.8, 4) is 11.3 Å². The molecular weight excluding hydrogens is 288 g/mol. The van der Waals surface area contributed by atoms with E-state index >= 15 is 0 Å². The fourth-order valence-corrected chi connectivity index (χ4v) is 2.85. The maximum atomic E-state index is 11.8. The predicted molar refractivity (Wildman–Crippen MR) is 81.2 cm³/mol. The van der Waals surface area contributed by atoms with Crippen LogP contribution in [0.25, 0.3) is 11.3 Å². The first-order chi connectivity index (χ1) is 9.89. The van der Waals surface area contributed by atoms with Crippen LogP contribution in [-0.4, -0.2) is 30.2 Å². The van der Waals surface area contributed by atoms with E-state index in [9.17, 15) is 13.2 Å². The van der Waals surface area contributed by atoms with Gasteiger partial charge >= 0.3 is 0 Å². The molecule has 0 unspecified atom stereocenters. The molecule has 0 fully saturated rings. The van der Waals surface area contributed by atoms with Gasteiger partial charge in [-0.15, -0.1) is 0 Å². The molecule has 1 aromatic carbocycles. The standard InChI is InChI=1S/C15H18N2O3S/c1-4-21(19,20)14-7-5-12(6-8-14)15-13(10-18)9-17(16-15)11(2)3/h5-11H,4H2,1-3H3. The van der Waals surface area contributed by atoms with Crippen LogP contribution in [-0.2, 0) is 9.84 Å². The van der Waals surface area contributed by atoms with Crippen molar-refractivity contribution in [1.29, 1.82) is 0 Å². The van der Waals surface area contributed by atoms with E-state index in [-0.39, 0.29) is 16.7 Å². The highest BCUT2D eigenvalue weighted by Gasteiger charge is 2.15. The van der Waals surface area contributed by atoms with E-state index in [0.29, 0.717) is 11.3 Å². The molecule has 0 N–H and O–H groups in total. The van der Waals surface area contributed by atoms with Crippen LogP contribution in [0.15, 0.2) is 35.4 Å². The zero-order valence-electron chi connectivity index (χ0n) is 12.3. The van der Waals surface area contributed by atoms with Crippen molar-refractivity contribution in [3.63, 3.8) is 0 Å². The minimum atomic E-state index is -3.22. The molecular formula is C15H18N2O3S. The van der Waals surface area contributed by atoms with E-state index < -0.39 is 9.84 Å². The van der Waals surface area contributed by atoms with E-state index in [4.69, 9.17) is 0 Å². The minimum Gasteiger partial charge on any atom is -0.298 e. The van der Waals surface area contributed by atoms with Gasteiger partial charge in [0.2, 0.25) is 0 Å². The smallest absolute Gasteiger partial charge is 0.178 e. The topological polar surface area (TPSA) is 69.0 Å². The van der Waals surface area contributed by atoms with E-state index in [1.165, 1.54) is 0 Å². The molecule has 0 atom stereocenters. The van der Waals surface area contributed by atoms with Crippen LogP contribution in [0.1, 0.15) is 37.2 Å². The van der Waals surface area contributed by atoms with Gasteiger partial charge in [0, 0.05) is 17.8 Å². The first-order valence-corrected chi connectivity index (χ1v) is 8.41. The Morgan fingerprint density at radius 2 is 1.86 bits per heavy atom. The monoisotopic (exact) mass is 306 g/mol. The highest BCUT2D eigenvalue weighted by Crippen LogP contribution is 2.24. The molecule has 0 saturated heterocycles. The lowest BCUT2D eigenvalue weighted by atomic mass is 10.1. The summed E-state index contributed by atoms with van der Waals surface area (Å²) < 4.78 is 25.3. The molecule has 5 nitrogen and oxygen atoms in total. The number of benzene rings is 1. The number of aldehydes is 1. The van der Waals surface area contributed by atoms with E-state index in [0.717, 1.165) is 11.8 Å². The Morgan fingerprint density at radius 1 is 1.24 bits per heavy atom. The predicted octanol–water partition coefficient (Wildman–Crippen LogP) is 2.74. The normalized spacial score (nSPS) is 11.8. The Morgan fingerprint density at radius 3 is 2.33 bits per heavy atom. The summed E-state index contributed by atoms with van der Waals surface area (Å²) in [5, 5.41) is 4.40. The Bertz CT molecular complexity index is 744. The van der Waals surface area contributed by atoms with Crippen molar-refractivity contribution in [3.05, 3.63) is 36.0 Å². The number of nitrogens with zero attached hydrogens (tertiary/aromatic N) is 2. The molecule has 21 heavy (non-hydrogen) atoms. The number of aromatic nitrogens is 2. The van der Waals surface area contributed by atoms with Gasteiger partial charge in [-0.25, -0.2) is 8.42 Å². The second-order valence-corrected chi connectivity index (χ2v) is 7.33. The molecule has 1 heterocycles. The lowest BCUT2D eigenvalue weighted by molar-refractivity contribution is 0.112. The van der Waals surface area contributed by atoms with Gasteiger partial charge in [0.25, 0.3) is 0 Å². The third-order valence-electron chi connectivity index (χ3n) is 3.28. The van der Waals surface area contributed by atoms with Crippen molar-refractivity contribution in [2.24, 2.45) is 0 Å². The lowest BCUT2D eigenvalue weighted by Gasteiger charge is -2.04. The van der Waals surface area contributed by atoms with Gasteiger partial charge in [-0.05, 0) is 26.0 Å². The van der Waals surface area contributed by atoms with E-state index in [1.807, 2.05) is 13.8 Å². The van der Waals surface area contributed by atoms with Gasteiger partial charge in [-0.3, -0.25) is 9.48 Å². The summed E-state index contributed by atoms with van der Waals surface area (Å²) in [6.07, 6.45) is 2.46. The summed E-state index contributed by atoms with van der Waals surface area (Å²) in [5.41, 5.74) is 1.79. The van der Waals surface area contributed by atoms with Gasteiger partial charge in [-0.2, -0.15) is 5.10 Å². The largest absolute Gasteiger partial charge is 0.298 e. The van der Waals surface area contributed by atoms with E-state index in [2.05, 4.69) is 5.10 Å². The molecule has 1 aromatic heterocycles. The van der Waals surface area contributed by atoms with Crippen LogP contribution >= 0.6 is 0 Å². The fraction of sp³-hybridized carbons (Fsp3) is 0.333. The van der Waals surface area contributed by atoms with Gasteiger partial charge in [0.15, 0.2) is 16.1 Å². The summed E-state index contributed by atoms with van der Waals surface area (Å²) in [7, 11) is -3.22. The first kappa shape index (κ1) is 15.4. The highest BCUT2D eigenvalue weighted by atomic mass is 32.2. The van der Waals surface area contributed by atoms with Crippen molar-refractivity contribution in [2.75, 3.05) is 5.75 Å². The molecule has 2 aromatic rings. The summed E-state index contributed by atoms with van der Waals surface area (Å²) in [6, 6.07) is 6.62. The van der Waals surface area contributed by atoms with Crippen molar-refractivity contribution < 1.29 is 13.2 Å². The maximum Gasteiger partial charge on any atom is 0.178 e. The Balaban J connectivity index is 2.46. The summed E-state index contributed by atoms with van der Waals surface area (Å²) >= 11 is 0. The maximum absolute atomic E-state index is 11.8. The van der Waals surface area contributed by atoms with Crippen LogP contribution in [0.4, 0.5) is 0 Å². The minimum absolute atomic E-state index is 0.0634. The molecule has 0 bridgehead atoms. The lowest BCUT2D eigenvalue weighted by Crippen LogP contribution is -2.03. The fourth-order valence-electron chi connectivity index (χ4n) is 1.97. The van der Waals surface area contributed by atoms with Crippen LogP contribution in [0.3, 0.4) is 0 Å². The second-order valence-electron chi connectivity index (χ2n) is 5.05. The van der Waals surface area contributed by atoms with Gasteiger partial charge in [-0.1, -0.05) is 19.1 Å². The second kappa shape index (κ2) is 5.81. The molecule has 0 saturated carbocycles. The molecule has 0 amide bonds. The van der Waals surface area contributed by atoms with E-state index in [1.54, 1.807) is 42.1 Å². The first-order valence-electron chi connectivity index (χ1n) is 6.76. The number of hydrogen-bond donors (Lipinski definition) is 0. The molecule has 0 aliphatic heterocycles. The van der Waals surface area contributed by atoms with Crippen LogP contribution in [0.2, 0.25) is 0 Å². The summed E-state index contributed by atoms with van der Waals surface area (Å²) in [6.45, 7) is 5.56. The average molecular weight is 306 g/mol. The number of rotatable bonds is 5. The number of hydrogen-bond acceptors (Lipinski definition) is 4. The molecule has 0 aliphatic rings. The van der Waals surface area contributed by atoms with Crippen LogP contribution in [0.5, 0.6) is 0 Å². The number of sulfone groups is 1. The zero-order chi connectivity index (χ0) is 15.6. The Labute approximate surface area is 124 Å².